The van der Waals surface area contributed by atoms with Crippen LogP contribution in [-0.2, 0) is 24.3 Å². The first-order valence-electron chi connectivity index (χ1n) is 7.51. The van der Waals surface area contributed by atoms with E-state index < -0.39 is 28.1 Å². The summed E-state index contributed by atoms with van der Waals surface area (Å²) in [5.41, 5.74) is 0.517. The van der Waals surface area contributed by atoms with Gasteiger partial charge in [0.2, 0.25) is 6.10 Å². The molecule has 1 fully saturated rings. The molecular formula is C17H15NO6S. The first-order valence-corrected chi connectivity index (χ1v) is 8.99. The molecule has 8 heteroatoms. The van der Waals surface area contributed by atoms with Crippen LogP contribution in [0.15, 0.2) is 59.5 Å². The van der Waals surface area contributed by atoms with Gasteiger partial charge in [-0.1, -0.05) is 18.2 Å². The van der Waals surface area contributed by atoms with E-state index in [1.807, 2.05) is 0 Å². The lowest BCUT2D eigenvalue weighted by Crippen LogP contribution is -2.22. The number of esters is 2. The highest BCUT2D eigenvalue weighted by Crippen LogP contribution is 2.18. The van der Waals surface area contributed by atoms with E-state index in [1.165, 1.54) is 36.4 Å². The number of rotatable bonds is 5. The van der Waals surface area contributed by atoms with Gasteiger partial charge in [0.05, 0.1) is 17.1 Å². The first-order chi connectivity index (χ1) is 12.0. The van der Waals surface area contributed by atoms with Crippen molar-refractivity contribution in [2.24, 2.45) is 0 Å². The van der Waals surface area contributed by atoms with Gasteiger partial charge >= 0.3 is 11.9 Å². The van der Waals surface area contributed by atoms with Gasteiger partial charge in [0.15, 0.2) is 0 Å². The highest BCUT2D eigenvalue weighted by atomic mass is 32.2. The summed E-state index contributed by atoms with van der Waals surface area (Å²) in [4.78, 5) is 23.4. The van der Waals surface area contributed by atoms with Crippen LogP contribution in [-0.4, -0.2) is 33.1 Å². The smallest absolute Gasteiger partial charge is 0.347 e. The second-order valence-electron chi connectivity index (χ2n) is 5.35. The molecule has 0 amide bonds. The highest BCUT2D eigenvalue weighted by molar-refractivity contribution is 7.92. The molecule has 1 saturated heterocycles. The average molecular weight is 361 g/mol. The third-order valence-corrected chi connectivity index (χ3v) is 4.96. The van der Waals surface area contributed by atoms with Crippen molar-refractivity contribution in [2.75, 3.05) is 11.3 Å². The number of benzene rings is 2. The molecule has 130 valence electrons. The van der Waals surface area contributed by atoms with E-state index in [1.54, 1.807) is 18.2 Å². The van der Waals surface area contributed by atoms with Gasteiger partial charge in [-0.3, -0.25) is 4.72 Å². The summed E-state index contributed by atoms with van der Waals surface area (Å²) in [5.74, 6) is -1.22. The van der Waals surface area contributed by atoms with Crippen LogP contribution in [0.3, 0.4) is 0 Å². The molecule has 0 aromatic heterocycles. The van der Waals surface area contributed by atoms with Crippen molar-refractivity contribution < 1.29 is 27.5 Å². The summed E-state index contributed by atoms with van der Waals surface area (Å²) in [7, 11) is -3.70. The number of ether oxygens (including phenoxy) is 2. The number of cyclic esters (lactones) is 1. The molecule has 0 unspecified atom stereocenters. The summed E-state index contributed by atoms with van der Waals surface area (Å²) >= 11 is 0. The van der Waals surface area contributed by atoms with Gasteiger partial charge in [0.1, 0.15) is 0 Å². The first kappa shape index (κ1) is 17.0. The second kappa shape index (κ2) is 6.94. The molecule has 1 aliphatic heterocycles. The molecule has 0 saturated carbocycles. The predicted molar refractivity (Wildman–Crippen MR) is 88.5 cm³/mol. The Balaban J connectivity index is 1.68. The van der Waals surface area contributed by atoms with Crippen LogP contribution in [0.2, 0.25) is 0 Å². The minimum atomic E-state index is -3.70. The standard InChI is InChI=1S/C17H15NO6S/c19-16(24-15-10-11-23-17(15)20)12-6-8-13(9-7-12)18-25(21,22)14-4-2-1-3-5-14/h1-9,15,18H,10-11H2/t15-/m0/s1. The molecular weight excluding hydrogens is 346 g/mol. The minimum absolute atomic E-state index is 0.137. The Morgan fingerprint density at radius 2 is 1.76 bits per heavy atom. The Kier molecular flexibility index (Phi) is 4.71. The van der Waals surface area contributed by atoms with Crippen LogP contribution < -0.4 is 4.72 Å². The molecule has 0 aliphatic carbocycles. The summed E-state index contributed by atoms with van der Waals surface area (Å²) in [6, 6.07) is 13.7. The van der Waals surface area contributed by atoms with E-state index in [4.69, 9.17) is 9.47 Å². The van der Waals surface area contributed by atoms with Crippen LogP contribution in [0, 0.1) is 0 Å². The molecule has 1 atom stereocenters. The van der Waals surface area contributed by atoms with E-state index in [2.05, 4.69) is 4.72 Å². The lowest BCUT2D eigenvalue weighted by atomic mass is 10.2. The van der Waals surface area contributed by atoms with E-state index in [9.17, 15) is 18.0 Å². The Bertz CT molecular complexity index is 877. The van der Waals surface area contributed by atoms with Gasteiger partial charge in [-0.05, 0) is 36.4 Å². The zero-order valence-corrected chi connectivity index (χ0v) is 13.9. The molecule has 1 heterocycles. The van der Waals surface area contributed by atoms with E-state index in [-0.39, 0.29) is 17.1 Å². The number of carbonyl (C=O) groups is 2. The van der Waals surface area contributed by atoms with Crippen LogP contribution in [0.1, 0.15) is 16.8 Å². The summed E-state index contributed by atoms with van der Waals surface area (Å²) in [5, 5.41) is 0. The molecule has 2 aromatic carbocycles. The molecule has 1 N–H and O–H groups in total. The van der Waals surface area contributed by atoms with E-state index >= 15 is 0 Å². The van der Waals surface area contributed by atoms with Crippen molar-refractivity contribution in [3.05, 3.63) is 60.2 Å². The summed E-state index contributed by atoms with van der Waals surface area (Å²) in [6.45, 7) is 0.233. The quantitative estimate of drug-likeness (QED) is 0.818. The molecule has 2 aromatic rings. The Labute approximate surface area is 144 Å². The largest absolute Gasteiger partial charge is 0.463 e. The molecule has 25 heavy (non-hydrogen) atoms. The van der Waals surface area contributed by atoms with E-state index in [0.717, 1.165) is 0 Å². The third-order valence-electron chi connectivity index (χ3n) is 3.56. The average Bonchev–Trinajstić information content (AvgIpc) is 3.01. The Hall–Kier alpha value is -2.87. The molecule has 7 nitrogen and oxygen atoms in total. The second-order valence-corrected chi connectivity index (χ2v) is 7.03. The van der Waals surface area contributed by atoms with Crippen molar-refractivity contribution in [1.29, 1.82) is 0 Å². The van der Waals surface area contributed by atoms with Gasteiger partial charge in [0, 0.05) is 12.1 Å². The van der Waals surface area contributed by atoms with Crippen molar-refractivity contribution >= 4 is 27.6 Å². The van der Waals surface area contributed by atoms with Gasteiger partial charge < -0.3 is 9.47 Å². The third kappa shape index (κ3) is 3.97. The molecule has 1 aliphatic rings. The maximum absolute atomic E-state index is 12.2. The lowest BCUT2D eigenvalue weighted by molar-refractivity contribution is -0.145. The molecule has 0 spiro atoms. The molecule has 3 rings (SSSR count). The number of sulfonamides is 1. The molecule has 0 radical (unpaired) electrons. The van der Waals surface area contributed by atoms with Crippen LogP contribution in [0.5, 0.6) is 0 Å². The van der Waals surface area contributed by atoms with E-state index in [0.29, 0.717) is 12.1 Å². The van der Waals surface area contributed by atoms with Crippen molar-refractivity contribution in [2.45, 2.75) is 17.4 Å². The normalized spacial score (nSPS) is 17.0. The Morgan fingerprint density at radius 1 is 1.08 bits per heavy atom. The molecule has 0 bridgehead atoms. The lowest BCUT2D eigenvalue weighted by Gasteiger charge is -2.10. The zero-order chi connectivity index (χ0) is 17.9. The summed E-state index contributed by atoms with van der Waals surface area (Å²) < 4.78 is 36.7. The van der Waals surface area contributed by atoms with Crippen molar-refractivity contribution in [1.82, 2.24) is 0 Å². The number of hydrogen-bond acceptors (Lipinski definition) is 6. The fourth-order valence-corrected chi connectivity index (χ4v) is 3.35. The number of carbonyl (C=O) groups excluding carboxylic acids is 2. The van der Waals surface area contributed by atoms with Crippen LogP contribution in [0.25, 0.3) is 0 Å². The SMILES string of the molecule is O=C(O[C@H]1CCOC1=O)c1ccc(NS(=O)(=O)c2ccccc2)cc1. The fourth-order valence-electron chi connectivity index (χ4n) is 2.27. The maximum atomic E-state index is 12.2. The van der Waals surface area contributed by atoms with Gasteiger partial charge in [-0.25, -0.2) is 18.0 Å². The van der Waals surface area contributed by atoms with Crippen LogP contribution >= 0.6 is 0 Å². The maximum Gasteiger partial charge on any atom is 0.347 e. The topological polar surface area (TPSA) is 98.8 Å². The van der Waals surface area contributed by atoms with Crippen LogP contribution in [0.4, 0.5) is 5.69 Å². The zero-order valence-electron chi connectivity index (χ0n) is 13.0. The monoisotopic (exact) mass is 361 g/mol. The number of anilines is 1. The Morgan fingerprint density at radius 3 is 2.36 bits per heavy atom. The summed E-state index contributed by atoms with van der Waals surface area (Å²) in [6.07, 6.45) is -0.553. The van der Waals surface area contributed by atoms with Crippen molar-refractivity contribution in [3.63, 3.8) is 0 Å². The van der Waals surface area contributed by atoms with Gasteiger partial charge in [-0.2, -0.15) is 0 Å². The minimum Gasteiger partial charge on any atom is -0.463 e. The van der Waals surface area contributed by atoms with Crippen molar-refractivity contribution in [3.8, 4) is 0 Å². The number of hydrogen-bond donors (Lipinski definition) is 1. The van der Waals surface area contributed by atoms with Gasteiger partial charge in [0.25, 0.3) is 10.0 Å². The number of nitrogens with one attached hydrogen (secondary N) is 1. The van der Waals surface area contributed by atoms with Gasteiger partial charge in [-0.15, -0.1) is 0 Å². The predicted octanol–water partition coefficient (Wildman–Crippen LogP) is 1.96. The fraction of sp³-hybridized carbons (Fsp3) is 0.176. The highest BCUT2D eigenvalue weighted by Gasteiger charge is 2.30.